The van der Waals surface area contributed by atoms with Crippen LogP contribution in [-0.4, -0.2) is 87.5 Å². The van der Waals surface area contributed by atoms with Crippen molar-refractivity contribution in [2.75, 3.05) is 39.6 Å². The molecule has 84 heavy (non-hydrogen) atoms. The second-order valence-corrected chi connectivity index (χ2v) is 28.6. The topological polar surface area (TPSA) is 184 Å². The highest BCUT2D eigenvalue weighted by Crippen LogP contribution is 2.55. The van der Waals surface area contributed by atoms with Crippen LogP contribution in [0.15, 0.2) is 0 Å². The number of hydrogen-bond acceptors (Lipinski definition) is 14. The fourth-order valence-corrected chi connectivity index (χ4v) is 13.1. The first-order chi connectivity index (χ1) is 39.1. The highest BCUT2D eigenvalue weighted by Gasteiger charge is 2.58. The maximum atomic E-state index is 15.3. The molecule has 0 fully saturated rings. The van der Waals surface area contributed by atoms with Crippen molar-refractivity contribution < 1.29 is 66.7 Å². The van der Waals surface area contributed by atoms with Crippen LogP contribution >= 0.6 is 0 Å². The molecule has 0 aliphatic heterocycles. The summed E-state index contributed by atoms with van der Waals surface area (Å²) in [6.45, 7) is 41.5. The molecule has 492 valence electrons. The summed E-state index contributed by atoms with van der Waals surface area (Å²) in [4.78, 5) is 104. The number of esters is 7. The van der Waals surface area contributed by atoms with Gasteiger partial charge >= 0.3 is 41.8 Å². The minimum atomic E-state index is -1.71. The van der Waals surface area contributed by atoms with Crippen LogP contribution in [0, 0.1) is 61.6 Å². The molecule has 11 atom stereocenters. The Bertz CT molecular complexity index is 1950. The number of unbranched alkanes of at least 4 members (excludes halogenated alkanes) is 6. The molecule has 0 saturated heterocycles. The lowest BCUT2D eigenvalue weighted by Crippen LogP contribution is -2.50. The molecular formula is C70H128O14. The predicted octanol–water partition coefficient (Wildman–Crippen LogP) is 17.3. The fraction of sp³-hybridized carbons (Fsp3) is 0.900. The Hall–Kier alpha value is -3.71. The van der Waals surface area contributed by atoms with E-state index in [1.165, 1.54) is 12.8 Å². The number of carbonyl (C=O) groups excluding carboxylic acids is 7. The molecule has 0 N–H and O–H groups in total. The van der Waals surface area contributed by atoms with Crippen molar-refractivity contribution in [2.24, 2.45) is 61.6 Å². The predicted molar refractivity (Wildman–Crippen MR) is 337 cm³/mol. The van der Waals surface area contributed by atoms with Crippen LogP contribution in [0.4, 0.5) is 0 Å². The Kier molecular flexibility index (Phi) is 37.5. The van der Waals surface area contributed by atoms with Crippen LogP contribution in [0.2, 0.25) is 0 Å². The summed E-state index contributed by atoms with van der Waals surface area (Å²) in [5, 5.41) is 0. The summed E-state index contributed by atoms with van der Waals surface area (Å²) in [7, 11) is 0. The largest absolute Gasteiger partial charge is 0.465 e. The Balaban J connectivity index is 8.21. The van der Waals surface area contributed by atoms with Gasteiger partial charge in [0, 0.05) is 0 Å². The Morgan fingerprint density at radius 2 is 0.524 bits per heavy atom. The van der Waals surface area contributed by atoms with Crippen LogP contribution in [0.3, 0.4) is 0 Å². The number of rotatable bonds is 48. The van der Waals surface area contributed by atoms with Gasteiger partial charge in [0.05, 0.1) is 83.7 Å². The van der Waals surface area contributed by atoms with Gasteiger partial charge in [-0.2, -0.15) is 0 Å². The van der Waals surface area contributed by atoms with Crippen molar-refractivity contribution in [2.45, 2.75) is 306 Å². The van der Waals surface area contributed by atoms with Gasteiger partial charge in [-0.1, -0.05) is 128 Å². The molecule has 0 radical (unpaired) electrons. The lowest BCUT2D eigenvalue weighted by molar-refractivity contribution is -0.176. The molecule has 0 aromatic carbocycles. The first kappa shape index (κ1) is 80.3. The van der Waals surface area contributed by atoms with E-state index in [4.69, 9.17) is 33.2 Å². The summed E-state index contributed by atoms with van der Waals surface area (Å²) in [5.74, 6) is -2.03. The van der Waals surface area contributed by atoms with E-state index < -0.39 is 85.8 Å². The number of carbonyl (C=O) groups is 7. The van der Waals surface area contributed by atoms with Gasteiger partial charge < -0.3 is 33.2 Å². The van der Waals surface area contributed by atoms with Crippen LogP contribution in [-0.2, 0) is 66.7 Å². The maximum absolute atomic E-state index is 15.3. The summed E-state index contributed by atoms with van der Waals surface area (Å²) in [6.07, 6.45) is 12.0. The van der Waals surface area contributed by atoms with Crippen LogP contribution < -0.4 is 0 Å². The molecule has 0 rings (SSSR count). The minimum absolute atomic E-state index is 0.0465. The molecule has 0 aromatic heterocycles. The van der Waals surface area contributed by atoms with Gasteiger partial charge in [-0.05, 0) is 195 Å². The van der Waals surface area contributed by atoms with Crippen molar-refractivity contribution >= 4 is 41.8 Å². The fourth-order valence-electron chi connectivity index (χ4n) is 13.1. The lowest BCUT2D eigenvalue weighted by Gasteiger charge is -2.46. The van der Waals surface area contributed by atoms with E-state index in [1.54, 1.807) is 55.4 Å². The third-order valence-corrected chi connectivity index (χ3v) is 17.6. The highest BCUT2D eigenvalue weighted by atomic mass is 16.6. The molecule has 0 saturated carbocycles. The van der Waals surface area contributed by atoms with E-state index in [1.807, 2.05) is 55.4 Å². The van der Waals surface area contributed by atoms with Crippen molar-refractivity contribution in [3.8, 4) is 0 Å². The monoisotopic (exact) mass is 1190 g/mol. The zero-order valence-electron chi connectivity index (χ0n) is 57.8. The molecule has 14 nitrogen and oxygen atoms in total. The standard InChI is InChI=1S/C70H128O14/c1-22-30-36-78-58(72)65(16,29-8)47-67(18,60(74)80-38-32-24-3)49-69(20,62(76)82-40-34-26-5)51-70(21,63(77)83-41-35-27-6)50-68(19,61(75)81-39-33-25-4)48-66(17,59(73)79-37-31-23-2)46-64(14,15)57(71)84-56(13)45-55(12)44-54(11)43-53(10)42-52(9)28-7/h52-56H,22-51H2,1-21H3. The average Bonchev–Trinajstić information content (AvgIpc) is 1.77. The van der Waals surface area contributed by atoms with Crippen LogP contribution in [0.1, 0.15) is 299 Å². The number of ether oxygens (including phenoxy) is 7. The second-order valence-electron chi connectivity index (χ2n) is 28.6. The van der Waals surface area contributed by atoms with Crippen LogP contribution in [0.5, 0.6) is 0 Å². The van der Waals surface area contributed by atoms with Crippen LogP contribution in [0.25, 0.3) is 0 Å². The van der Waals surface area contributed by atoms with Gasteiger partial charge in [0.2, 0.25) is 0 Å². The van der Waals surface area contributed by atoms with Gasteiger partial charge in [-0.25, -0.2) is 0 Å². The Morgan fingerprint density at radius 3 is 0.774 bits per heavy atom. The molecule has 0 heterocycles. The Morgan fingerprint density at radius 1 is 0.298 bits per heavy atom. The molecule has 0 amide bonds. The number of hydrogen-bond donors (Lipinski definition) is 0. The van der Waals surface area contributed by atoms with Gasteiger partial charge in [0.15, 0.2) is 0 Å². The van der Waals surface area contributed by atoms with E-state index >= 15 is 14.4 Å². The first-order valence-corrected chi connectivity index (χ1v) is 33.4. The summed E-state index contributed by atoms with van der Waals surface area (Å²) in [6, 6.07) is 0. The summed E-state index contributed by atoms with van der Waals surface area (Å²) in [5.41, 5.74) is -10.5. The van der Waals surface area contributed by atoms with Crippen molar-refractivity contribution in [3.05, 3.63) is 0 Å². The lowest BCUT2D eigenvalue weighted by atomic mass is 9.57. The third-order valence-electron chi connectivity index (χ3n) is 17.6. The first-order valence-electron chi connectivity index (χ1n) is 33.4. The molecule has 0 aliphatic rings. The van der Waals surface area contributed by atoms with Crippen molar-refractivity contribution in [1.29, 1.82) is 0 Å². The van der Waals surface area contributed by atoms with Gasteiger partial charge in [-0.15, -0.1) is 0 Å². The minimum Gasteiger partial charge on any atom is -0.465 e. The maximum Gasteiger partial charge on any atom is 0.311 e. The third kappa shape index (κ3) is 28.0. The SMILES string of the molecule is CCCCOC(=O)C(C)(CC)CC(C)(CC(C)(CC(C)(CC(C)(CC(C)(CC(C)(C)C(=O)OC(C)CC(C)CC(C)CC(C)CC(C)CC)C(=O)OCCCC)C(=O)OCCCC)C(=O)OCCCC)C(=O)OCCCC)C(=O)OCCCC. The smallest absolute Gasteiger partial charge is 0.311 e. The summed E-state index contributed by atoms with van der Waals surface area (Å²) < 4.78 is 42.5. The Labute approximate surface area is 513 Å². The molecule has 11 unspecified atom stereocenters. The zero-order valence-corrected chi connectivity index (χ0v) is 57.8. The molecule has 0 aliphatic carbocycles. The van der Waals surface area contributed by atoms with E-state index in [2.05, 4.69) is 34.6 Å². The quantitative estimate of drug-likeness (QED) is 0.0318. The zero-order chi connectivity index (χ0) is 64.6. The second kappa shape index (κ2) is 39.2. The van der Waals surface area contributed by atoms with Gasteiger partial charge in [-0.3, -0.25) is 33.6 Å². The molecule has 0 spiro atoms. The molecule has 14 heteroatoms. The van der Waals surface area contributed by atoms with E-state index in [0.29, 0.717) is 81.5 Å². The highest BCUT2D eigenvalue weighted by molar-refractivity contribution is 5.86. The average molecular weight is 1190 g/mol. The van der Waals surface area contributed by atoms with Crippen molar-refractivity contribution in [1.82, 2.24) is 0 Å². The normalized spacial score (nSPS) is 18.0. The van der Waals surface area contributed by atoms with E-state index in [-0.39, 0.29) is 78.2 Å². The molecule has 0 aromatic rings. The van der Waals surface area contributed by atoms with Gasteiger partial charge in [0.1, 0.15) is 0 Å². The van der Waals surface area contributed by atoms with Gasteiger partial charge in [0.25, 0.3) is 0 Å². The van der Waals surface area contributed by atoms with E-state index in [9.17, 15) is 19.2 Å². The van der Waals surface area contributed by atoms with Crippen molar-refractivity contribution in [3.63, 3.8) is 0 Å². The summed E-state index contributed by atoms with van der Waals surface area (Å²) >= 11 is 0. The molecule has 0 bridgehead atoms. The molecular weight excluding hydrogens is 1060 g/mol. The van der Waals surface area contributed by atoms with E-state index in [0.717, 1.165) is 44.9 Å².